The molecule has 0 aromatic heterocycles. The van der Waals surface area contributed by atoms with Gasteiger partial charge >= 0.3 is 6.03 Å². The molecule has 6 heteroatoms. The van der Waals surface area contributed by atoms with Crippen molar-refractivity contribution in [3.05, 3.63) is 58.9 Å². The van der Waals surface area contributed by atoms with E-state index in [4.69, 9.17) is 0 Å². The third-order valence-corrected chi connectivity index (χ3v) is 4.61. The van der Waals surface area contributed by atoms with E-state index >= 15 is 0 Å². The first-order valence-corrected chi connectivity index (χ1v) is 8.57. The molecule has 136 valence electrons. The van der Waals surface area contributed by atoms with Crippen molar-refractivity contribution in [1.29, 1.82) is 0 Å². The number of hydrogen-bond acceptors (Lipinski definition) is 2. The summed E-state index contributed by atoms with van der Waals surface area (Å²) in [6.45, 7) is 6.00. The van der Waals surface area contributed by atoms with Crippen LogP contribution in [-0.2, 0) is 4.79 Å². The van der Waals surface area contributed by atoms with Gasteiger partial charge in [-0.15, -0.1) is 0 Å². The number of carbonyl (C=O) groups excluding carboxylic acids is 2. The summed E-state index contributed by atoms with van der Waals surface area (Å²) in [4.78, 5) is 26.5. The van der Waals surface area contributed by atoms with E-state index in [1.165, 1.54) is 6.07 Å². The average Bonchev–Trinajstić information content (AvgIpc) is 2.94. The largest absolute Gasteiger partial charge is 0.326 e. The summed E-state index contributed by atoms with van der Waals surface area (Å²) in [6.07, 6.45) is 0.509. The van der Waals surface area contributed by atoms with Crippen LogP contribution in [0.1, 0.15) is 23.1 Å². The maximum absolute atomic E-state index is 13.4. The molecular weight excluding hydrogens is 333 g/mol. The molecule has 0 saturated carbocycles. The molecule has 0 unspecified atom stereocenters. The van der Waals surface area contributed by atoms with Crippen LogP contribution in [0.25, 0.3) is 0 Å². The lowest BCUT2D eigenvalue weighted by atomic mass is 10.1. The number of nitrogens with one attached hydrogen (secondary N) is 2. The molecule has 1 fully saturated rings. The van der Waals surface area contributed by atoms with Crippen molar-refractivity contribution in [1.82, 2.24) is 5.32 Å². The molecule has 3 rings (SSSR count). The molecular formula is C20H22FN3O2. The second kappa shape index (κ2) is 7.15. The maximum atomic E-state index is 13.4. The van der Waals surface area contributed by atoms with Gasteiger partial charge in [0.05, 0.1) is 0 Å². The number of carbonyl (C=O) groups is 2. The van der Waals surface area contributed by atoms with Crippen LogP contribution in [0.3, 0.4) is 0 Å². The highest BCUT2D eigenvalue weighted by Gasteiger charge is 2.33. The van der Waals surface area contributed by atoms with Crippen molar-refractivity contribution >= 4 is 23.3 Å². The van der Waals surface area contributed by atoms with Crippen LogP contribution < -0.4 is 15.5 Å². The predicted octanol–water partition coefficient (Wildman–Crippen LogP) is 3.68. The minimum Gasteiger partial charge on any atom is -0.326 e. The fraction of sp³-hybridized carbons (Fsp3) is 0.300. The number of urea groups is 1. The molecule has 0 aliphatic carbocycles. The van der Waals surface area contributed by atoms with E-state index in [-0.39, 0.29) is 11.7 Å². The lowest BCUT2D eigenvalue weighted by Gasteiger charge is -2.18. The van der Waals surface area contributed by atoms with Crippen molar-refractivity contribution < 1.29 is 14.0 Å². The van der Waals surface area contributed by atoms with Gasteiger partial charge in [-0.05, 0) is 68.1 Å². The smallest absolute Gasteiger partial charge is 0.319 e. The average molecular weight is 355 g/mol. The fourth-order valence-electron chi connectivity index (χ4n) is 3.05. The van der Waals surface area contributed by atoms with Gasteiger partial charge in [-0.25, -0.2) is 9.18 Å². The van der Waals surface area contributed by atoms with E-state index in [2.05, 4.69) is 10.6 Å². The summed E-state index contributed by atoms with van der Waals surface area (Å²) in [5, 5.41) is 5.53. The van der Waals surface area contributed by atoms with E-state index in [1.807, 2.05) is 32.0 Å². The molecule has 1 aliphatic heterocycles. The second-order valence-corrected chi connectivity index (χ2v) is 6.68. The van der Waals surface area contributed by atoms with Crippen molar-refractivity contribution in [2.24, 2.45) is 0 Å². The minimum atomic E-state index is -0.592. The fourth-order valence-corrected chi connectivity index (χ4v) is 3.05. The van der Waals surface area contributed by atoms with Crippen LogP contribution in [0.15, 0.2) is 36.4 Å². The molecule has 2 N–H and O–H groups in total. The van der Waals surface area contributed by atoms with Gasteiger partial charge in [0.25, 0.3) is 0 Å². The zero-order valence-corrected chi connectivity index (χ0v) is 15.1. The molecule has 0 radical (unpaired) electrons. The number of hydrogen-bond donors (Lipinski definition) is 2. The minimum absolute atomic E-state index is 0.188. The molecule has 0 spiro atoms. The Bertz CT molecular complexity index is 866. The predicted molar refractivity (Wildman–Crippen MR) is 100.0 cm³/mol. The van der Waals surface area contributed by atoms with Crippen LogP contribution in [0.2, 0.25) is 0 Å². The van der Waals surface area contributed by atoms with Gasteiger partial charge in [-0.2, -0.15) is 0 Å². The SMILES string of the molecule is Cc1ccc(C)c(NC(=O)N[C@H]2CCN(c3ccc(F)c(C)c3)C2=O)c1. The zero-order valence-electron chi connectivity index (χ0n) is 15.1. The lowest BCUT2D eigenvalue weighted by molar-refractivity contribution is -0.118. The zero-order chi connectivity index (χ0) is 18.8. The molecule has 2 aromatic carbocycles. The number of aryl methyl sites for hydroxylation is 3. The quantitative estimate of drug-likeness (QED) is 0.882. The molecule has 1 aliphatic rings. The third-order valence-electron chi connectivity index (χ3n) is 4.61. The maximum Gasteiger partial charge on any atom is 0.319 e. The van der Waals surface area contributed by atoms with Crippen LogP contribution in [-0.4, -0.2) is 24.5 Å². The number of rotatable bonds is 3. The number of anilines is 2. The van der Waals surface area contributed by atoms with Crippen molar-refractivity contribution in [3.8, 4) is 0 Å². The molecule has 3 amide bonds. The van der Waals surface area contributed by atoms with Crippen molar-refractivity contribution in [3.63, 3.8) is 0 Å². The van der Waals surface area contributed by atoms with Crippen LogP contribution in [0.4, 0.5) is 20.6 Å². The summed E-state index contributed by atoms with van der Waals surface area (Å²) in [5.74, 6) is -0.491. The second-order valence-electron chi connectivity index (χ2n) is 6.68. The highest BCUT2D eigenvalue weighted by molar-refractivity contribution is 6.02. The monoisotopic (exact) mass is 355 g/mol. The number of halogens is 1. The number of nitrogens with zero attached hydrogens (tertiary/aromatic N) is 1. The first kappa shape index (κ1) is 17.9. The topological polar surface area (TPSA) is 61.4 Å². The van der Waals surface area contributed by atoms with E-state index in [9.17, 15) is 14.0 Å². The number of amides is 3. The van der Waals surface area contributed by atoms with Gasteiger partial charge in [0.1, 0.15) is 11.9 Å². The molecule has 26 heavy (non-hydrogen) atoms. The van der Waals surface area contributed by atoms with Gasteiger partial charge in [-0.1, -0.05) is 12.1 Å². The van der Waals surface area contributed by atoms with E-state index in [0.29, 0.717) is 24.2 Å². The van der Waals surface area contributed by atoms with Crippen LogP contribution >= 0.6 is 0 Å². The molecule has 1 atom stereocenters. The summed E-state index contributed by atoms with van der Waals surface area (Å²) in [6, 6.07) is 9.38. The molecule has 1 heterocycles. The lowest BCUT2D eigenvalue weighted by Crippen LogP contribution is -2.43. The highest BCUT2D eigenvalue weighted by Crippen LogP contribution is 2.24. The van der Waals surface area contributed by atoms with Gasteiger partial charge in [0.2, 0.25) is 5.91 Å². The first-order valence-electron chi connectivity index (χ1n) is 8.57. The summed E-state index contributed by atoms with van der Waals surface area (Å²) in [5.41, 5.74) is 3.85. The van der Waals surface area contributed by atoms with Gasteiger partial charge < -0.3 is 15.5 Å². The number of benzene rings is 2. The Kier molecular flexibility index (Phi) is 4.93. The Balaban J connectivity index is 1.65. The normalized spacial score (nSPS) is 16.7. The standard InChI is InChI=1S/C20H22FN3O2/c1-12-4-5-13(2)18(10-12)23-20(26)22-17-8-9-24(19(17)25)15-6-7-16(21)14(3)11-15/h4-7,10-11,17H,8-9H2,1-3H3,(H2,22,23,26)/t17-/m0/s1. The Morgan fingerprint density at radius 2 is 1.88 bits per heavy atom. The van der Waals surface area contributed by atoms with Gasteiger partial charge in [-0.3, -0.25) is 4.79 Å². The summed E-state index contributed by atoms with van der Waals surface area (Å²) < 4.78 is 13.4. The summed E-state index contributed by atoms with van der Waals surface area (Å²) in [7, 11) is 0. The third kappa shape index (κ3) is 3.69. The Morgan fingerprint density at radius 3 is 2.62 bits per heavy atom. The van der Waals surface area contributed by atoms with Gasteiger partial charge in [0.15, 0.2) is 0 Å². The van der Waals surface area contributed by atoms with E-state index < -0.39 is 12.1 Å². The highest BCUT2D eigenvalue weighted by atomic mass is 19.1. The van der Waals surface area contributed by atoms with Gasteiger partial charge in [0, 0.05) is 17.9 Å². The Hall–Kier alpha value is -2.89. The summed E-state index contributed by atoms with van der Waals surface area (Å²) >= 11 is 0. The van der Waals surface area contributed by atoms with E-state index in [0.717, 1.165) is 16.8 Å². The first-order chi connectivity index (χ1) is 12.3. The molecule has 0 bridgehead atoms. The molecule has 5 nitrogen and oxygen atoms in total. The Labute approximate surface area is 152 Å². The molecule has 2 aromatic rings. The molecule has 1 saturated heterocycles. The van der Waals surface area contributed by atoms with Crippen LogP contribution in [0.5, 0.6) is 0 Å². The Morgan fingerprint density at radius 1 is 1.12 bits per heavy atom. The van der Waals surface area contributed by atoms with E-state index in [1.54, 1.807) is 24.0 Å². The van der Waals surface area contributed by atoms with Crippen molar-refractivity contribution in [2.75, 3.05) is 16.8 Å². The van der Waals surface area contributed by atoms with Crippen LogP contribution in [0, 0.1) is 26.6 Å². The van der Waals surface area contributed by atoms with Crippen molar-refractivity contribution in [2.45, 2.75) is 33.2 Å².